The van der Waals surface area contributed by atoms with Crippen molar-refractivity contribution in [3.05, 3.63) is 57.8 Å². The number of fused-ring (bicyclic) bond motifs is 1. The second kappa shape index (κ2) is 9.44. The molecule has 0 aliphatic carbocycles. The molecule has 1 amide bonds. The summed E-state index contributed by atoms with van der Waals surface area (Å²) in [7, 11) is 0. The van der Waals surface area contributed by atoms with Crippen molar-refractivity contribution in [3.8, 4) is 0 Å². The van der Waals surface area contributed by atoms with Gasteiger partial charge in [-0.2, -0.15) is 0 Å². The Bertz CT molecular complexity index is 1110. The second-order valence-corrected chi connectivity index (χ2v) is 7.72. The number of carbonyl (C=O) groups excluding carboxylic acids is 2. The first-order valence-electron chi connectivity index (χ1n) is 8.94. The lowest BCUT2D eigenvalue weighted by Crippen LogP contribution is -2.30. The van der Waals surface area contributed by atoms with Crippen molar-refractivity contribution in [3.63, 3.8) is 0 Å². The number of thiazole rings is 1. The molecule has 0 N–H and O–H groups in total. The van der Waals surface area contributed by atoms with E-state index in [-0.39, 0.29) is 35.7 Å². The Morgan fingerprint density at radius 3 is 2.63 bits per heavy atom. The first-order valence-corrected chi connectivity index (χ1v) is 10.1. The summed E-state index contributed by atoms with van der Waals surface area (Å²) in [6.07, 6.45) is -0.272. The van der Waals surface area contributed by atoms with Crippen LogP contribution in [0.15, 0.2) is 30.3 Å². The van der Waals surface area contributed by atoms with Crippen LogP contribution < -0.4 is 4.90 Å². The predicted octanol–water partition coefficient (Wildman–Crippen LogP) is 5.24. The normalized spacial score (nSPS) is 11.0. The number of ether oxygens (including phenoxy) is 1. The quantitative estimate of drug-likeness (QED) is 0.360. The molecule has 0 radical (unpaired) electrons. The van der Waals surface area contributed by atoms with Crippen molar-refractivity contribution in [1.29, 1.82) is 0 Å². The zero-order chi connectivity index (χ0) is 21.8. The molecule has 0 aliphatic heterocycles. The van der Waals surface area contributed by atoms with Gasteiger partial charge >= 0.3 is 5.97 Å². The molecule has 1 heterocycles. The van der Waals surface area contributed by atoms with E-state index in [1.54, 1.807) is 25.1 Å². The molecule has 0 atom stereocenters. The Kier molecular flexibility index (Phi) is 6.94. The first kappa shape index (κ1) is 22.0. The molecule has 0 bridgehead atoms. The fourth-order valence-electron chi connectivity index (χ4n) is 2.78. The molecule has 0 spiro atoms. The van der Waals surface area contributed by atoms with E-state index < -0.39 is 34.8 Å². The average molecular weight is 457 g/mol. The Morgan fingerprint density at radius 1 is 1.17 bits per heavy atom. The van der Waals surface area contributed by atoms with Crippen molar-refractivity contribution in [2.24, 2.45) is 0 Å². The molecule has 0 saturated heterocycles. The molecule has 5 nitrogen and oxygen atoms in total. The number of benzene rings is 2. The van der Waals surface area contributed by atoms with E-state index in [1.807, 2.05) is 0 Å². The molecule has 0 aliphatic rings. The maximum Gasteiger partial charge on any atom is 0.306 e. The van der Waals surface area contributed by atoms with Crippen molar-refractivity contribution in [1.82, 2.24) is 4.98 Å². The Morgan fingerprint density at radius 2 is 1.93 bits per heavy atom. The van der Waals surface area contributed by atoms with Gasteiger partial charge in [-0.3, -0.25) is 9.59 Å². The van der Waals surface area contributed by atoms with Crippen LogP contribution in [-0.2, 0) is 20.9 Å². The van der Waals surface area contributed by atoms with Gasteiger partial charge in [0.05, 0.1) is 24.3 Å². The molecule has 0 unspecified atom stereocenters. The number of halogens is 4. The maximum atomic E-state index is 14.0. The van der Waals surface area contributed by atoms with Crippen LogP contribution in [0.5, 0.6) is 0 Å². The maximum absolute atomic E-state index is 14.0. The van der Waals surface area contributed by atoms with Crippen molar-refractivity contribution >= 4 is 50.7 Å². The Labute approximate surface area is 179 Å². The fourth-order valence-corrected chi connectivity index (χ4v) is 3.91. The van der Waals surface area contributed by atoms with Crippen LogP contribution in [0.25, 0.3) is 10.2 Å². The standard InChI is InChI=1S/C20H16ClF3N2O3S/c1-2-29-17(28)7-6-16(27)26(12-5-3-4-11(21)8-12)10-15-25-19-18(24)13(22)9-14(23)20(19)30-15/h3-5,8-9H,2,6-7,10H2,1H3. The van der Waals surface area contributed by atoms with Crippen molar-refractivity contribution in [2.75, 3.05) is 11.5 Å². The lowest BCUT2D eigenvalue weighted by atomic mass is 10.2. The molecular weight excluding hydrogens is 441 g/mol. The molecule has 10 heteroatoms. The lowest BCUT2D eigenvalue weighted by Gasteiger charge is -2.22. The third-order valence-electron chi connectivity index (χ3n) is 4.12. The topological polar surface area (TPSA) is 59.5 Å². The van der Waals surface area contributed by atoms with Gasteiger partial charge in [-0.1, -0.05) is 17.7 Å². The van der Waals surface area contributed by atoms with E-state index in [4.69, 9.17) is 16.3 Å². The summed E-state index contributed by atoms with van der Waals surface area (Å²) in [5.41, 5.74) is -0.0137. The Hall–Kier alpha value is -2.65. The first-order chi connectivity index (χ1) is 14.3. The monoisotopic (exact) mass is 456 g/mol. The Balaban J connectivity index is 1.92. The number of anilines is 1. The van der Waals surface area contributed by atoms with Crippen LogP contribution in [0.2, 0.25) is 5.02 Å². The minimum atomic E-state index is -1.34. The third-order valence-corrected chi connectivity index (χ3v) is 5.41. The SMILES string of the molecule is CCOC(=O)CCC(=O)N(Cc1nc2c(F)c(F)cc(F)c2s1)c1cccc(Cl)c1. The van der Waals surface area contributed by atoms with Gasteiger partial charge in [0.1, 0.15) is 16.3 Å². The molecular formula is C20H16ClF3N2O3S. The van der Waals surface area contributed by atoms with Crippen LogP contribution in [0.3, 0.4) is 0 Å². The van der Waals surface area contributed by atoms with E-state index in [9.17, 15) is 22.8 Å². The van der Waals surface area contributed by atoms with E-state index in [0.717, 1.165) is 11.3 Å². The van der Waals surface area contributed by atoms with E-state index in [0.29, 0.717) is 16.8 Å². The summed E-state index contributed by atoms with van der Waals surface area (Å²) in [4.78, 5) is 29.7. The highest BCUT2D eigenvalue weighted by Gasteiger charge is 2.22. The number of aromatic nitrogens is 1. The van der Waals surface area contributed by atoms with E-state index in [1.165, 1.54) is 11.0 Å². The van der Waals surface area contributed by atoms with Crippen LogP contribution in [0, 0.1) is 17.5 Å². The molecule has 2 aromatic carbocycles. The zero-order valence-corrected chi connectivity index (χ0v) is 17.3. The summed E-state index contributed by atoms with van der Waals surface area (Å²) in [5, 5.41) is 0.567. The number of rotatable bonds is 7. The van der Waals surface area contributed by atoms with Gasteiger partial charge in [-0.15, -0.1) is 11.3 Å². The minimum absolute atomic E-state index is 0.127. The van der Waals surface area contributed by atoms with Gasteiger partial charge in [0.15, 0.2) is 11.6 Å². The summed E-state index contributed by atoms with van der Waals surface area (Å²) in [5.74, 6) is -4.48. The molecule has 0 fully saturated rings. The molecule has 1 aromatic heterocycles. The zero-order valence-electron chi connectivity index (χ0n) is 15.8. The largest absolute Gasteiger partial charge is 0.466 e. The van der Waals surface area contributed by atoms with Crippen LogP contribution >= 0.6 is 22.9 Å². The lowest BCUT2D eigenvalue weighted by molar-refractivity contribution is -0.144. The van der Waals surface area contributed by atoms with Crippen molar-refractivity contribution in [2.45, 2.75) is 26.3 Å². The number of amides is 1. The summed E-state index contributed by atoms with van der Waals surface area (Å²) in [6, 6.07) is 6.88. The average Bonchev–Trinajstić information content (AvgIpc) is 3.13. The minimum Gasteiger partial charge on any atom is -0.466 e. The van der Waals surface area contributed by atoms with Gasteiger partial charge < -0.3 is 9.64 Å². The fraction of sp³-hybridized carbons (Fsp3) is 0.250. The molecule has 0 saturated carbocycles. The summed E-state index contributed by atoms with van der Waals surface area (Å²) >= 11 is 6.84. The van der Waals surface area contributed by atoms with Crippen LogP contribution in [0.1, 0.15) is 24.8 Å². The van der Waals surface area contributed by atoms with E-state index in [2.05, 4.69) is 4.98 Å². The van der Waals surface area contributed by atoms with Crippen LogP contribution in [-0.4, -0.2) is 23.5 Å². The van der Waals surface area contributed by atoms with Gasteiger partial charge in [-0.25, -0.2) is 18.2 Å². The highest BCUT2D eigenvalue weighted by molar-refractivity contribution is 7.18. The van der Waals surface area contributed by atoms with Crippen molar-refractivity contribution < 1.29 is 27.5 Å². The molecule has 3 rings (SSSR count). The summed E-state index contributed by atoms with van der Waals surface area (Å²) in [6.45, 7) is 1.72. The second-order valence-electron chi connectivity index (χ2n) is 6.20. The number of carbonyl (C=O) groups is 2. The number of hydrogen-bond acceptors (Lipinski definition) is 5. The highest BCUT2D eigenvalue weighted by Crippen LogP contribution is 2.31. The molecule has 3 aromatic rings. The molecule has 30 heavy (non-hydrogen) atoms. The predicted molar refractivity (Wildman–Crippen MR) is 108 cm³/mol. The van der Waals surface area contributed by atoms with Gasteiger partial charge in [0.25, 0.3) is 0 Å². The summed E-state index contributed by atoms with van der Waals surface area (Å²) < 4.78 is 46.2. The number of hydrogen-bond donors (Lipinski definition) is 0. The van der Waals surface area contributed by atoms with Crippen LogP contribution in [0.4, 0.5) is 18.9 Å². The number of esters is 1. The third kappa shape index (κ3) is 4.91. The number of nitrogens with zero attached hydrogens (tertiary/aromatic N) is 2. The smallest absolute Gasteiger partial charge is 0.306 e. The van der Waals surface area contributed by atoms with Gasteiger partial charge in [0, 0.05) is 23.2 Å². The van der Waals surface area contributed by atoms with E-state index >= 15 is 0 Å². The highest BCUT2D eigenvalue weighted by atomic mass is 35.5. The van der Waals surface area contributed by atoms with Gasteiger partial charge in [0.2, 0.25) is 5.91 Å². The molecule has 158 valence electrons. The van der Waals surface area contributed by atoms with Gasteiger partial charge in [-0.05, 0) is 25.1 Å².